The van der Waals surface area contributed by atoms with Crippen molar-refractivity contribution < 1.29 is 27.9 Å². The molecular weight excluding hydrogens is 325 g/mol. The average molecular weight is 344 g/mol. The number of hydrogen-bond donors (Lipinski definition) is 2. The van der Waals surface area contributed by atoms with Crippen LogP contribution in [0.4, 0.5) is 13.2 Å². The van der Waals surface area contributed by atoms with Gasteiger partial charge in [0.1, 0.15) is 6.04 Å². The number of carboxylic acid groups (broad SMARTS) is 1. The highest BCUT2D eigenvalue weighted by Gasteiger charge is 2.63. The van der Waals surface area contributed by atoms with E-state index in [1.165, 1.54) is 0 Å². The first-order valence-electron chi connectivity index (χ1n) is 7.52. The molecule has 1 fully saturated rings. The molecule has 1 aromatic carbocycles. The molecule has 1 saturated heterocycles. The summed E-state index contributed by atoms with van der Waals surface area (Å²) in [7, 11) is 0. The summed E-state index contributed by atoms with van der Waals surface area (Å²) in [4.78, 5) is 24.6. The van der Waals surface area contributed by atoms with Gasteiger partial charge in [-0.25, -0.2) is 0 Å². The number of alkyl halides is 3. The van der Waals surface area contributed by atoms with Crippen LogP contribution in [0.25, 0.3) is 0 Å². The standard InChI is InChI=1S/C16H19F3N2O3/c1-11(13(22)23)20-14(24)15(16(17,18)19)7-8-21(10-15)9-12-5-3-2-4-6-12/h2-6,11H,7-10H2,1H3,(H,20,24)(H,22,23)/t11-,15+/m0/s1. The zero-order valence-corrected chi connectivity index (χ0v) is 13.1. The van der Waals surface area contributed by atoms with Crippen LogP contribution in [0.3, 0.4) is 0 Å². The molecule has 2 N–H and O–H groups in total. The Labute approximate surface area is 137 Å². The van der Waals surface area contributed by atoms with Crippen molar-refractivity contribution in [3.8, 4) is 0 Å². The number of rotatable bonds is 5. The van der Waals surface area contributed by atoms with E-state index in [1.54, 1.807) is 29.2 Å². The number of aliphatic carboxylic acids is 1. The van der Waals surface area contributed by atoms with Gasteiger partial charge in [0.15, 0.2) is 5.41 Å². The van der Waals surface area contributed by atoms with Gasteiger partial charge in [-0.2, -0.15) is 13.2 Å². The van der Waals surface area contributed by atoms with E-state index in [4.69, 9.17) is 5.11 Å². The van der Waals surface area contributed by atoms with Crippen molar-refractivity contribution in [2.24, 2.45) is 5.41 Å². The zero-order chi connectivity index (χ0) is 18.0. The first-order chi connectivity index (χ1) is 11.2. The van der Waals surface area contributed by atoms with Crippen LogP contribution in [0, 0.1) is 5.41 Å². The van der Waals surface area contributed by atoms with Gasteiger partial charge < -0.3 is 10.4 Å². The van der Waals surface area contributed by atoms with Crippen LogP contribution in [0.5, 0.6) is 0 Å². The van der Waals surface area contributed by atoms with Crippen LogP contribution < -0.4 is 5.32 Å². The van der Waals surface area contributed by atoms with Crippen LogP contribution >= 0.6 is 0 Å². The Morgan fingerprint density at radius 2 is 1.96 bits per heavy atom. The molecule has 0 radical (unpaired) electrons. The topological polar surface area (TPSA) is 69.6 Å². The van der Waals surface area contributed by atoms with Gasteiger partial charge in [-0.3, -0.25) is 14.5 Å². The number of carbonyl (C=O) groups is 2. The van der Waals surface area contributed by atoms with E-state index in [1.807, 2.05) is 11.4 Å². The molecule has 5 nitrogen and oxygen atoms in total. The number of carboxylic acids is 1. The molecule has 1 heterocycles. The lowest BCUT2D eigenvalue weighted by atomic mass is 9.85. The van der Waals surface area contributed by atoms with E-state index >= 15 is 0 Å². The van der Waals surface area contributed by atoms with Crippen LogP contribution in [0.15, 0.2) is 30.3 Å². The van der Waals surface area contributed by atoms with Gasteiger partial charge in [-0.1, -0.05) is 30.3 Å². The third-order valence-electron chi connectivity index (χ3n) is 4.29. The number of benzene rings is 1. The summed E-state index contributed by atoms with van der Waals surface area (Å²) in [5.41, 5.74) is -1.72. The molecule has 1 amide bonds. The van der Waals surface area contributed by atoms with E-state index in [9.17, 15) is 22.8 Å². The first-order valence-corrected chi connectivity index (χ1v) is 7.52. The van der Waals surface area contributed by atoms with E-state index in [0.717, 1.165) is 12.5 Å². The van der Waals surface area contributed by atoms with Crippen molar-refractivity contribution in [1.29, 1.82) is 0 Å². The number of halogens is 3. The quantitative estimate of drug-likeness (QED) is 0.858. The number of carbonyl (C=O) groups excluding carboxylic acids is 1. The lowest BCUT2D eigenvalue weighted by molar-refractivity contribution is -0.218. The first kappa shape index (κ1) is 18.3. The molecule has 0 unspecified atom stereocenters. The highest BCUT2D eigenvalue weighted by Crippen LogP contribution is 2.46. The SMILES string of the molecule is C[C@H](NC(=O)[C@@]1(C(F)(F)F)CCN(Cc2ccccc2)C1)C(=O)O. The molecule has 1 aromatic rings. The fourth-order valence-corrected chi connectivity index (χ4v) is 2.81. The minimum atomic E-state index is -4.75. The van der Waals surface area contributed by atoms with Gasteiger partial charge in [-0.05, 0) is 25.5 Å². The molecule has 1 aliphatic rings. The van der Waals surface area contributed by atoms with Crippen LogP contribution in [-0.4, -0.2) is 47.2 Å². The maximum atomic E-state index is 13.6. The summed E-state index contributed by atoms with van der Waals surface area (Å²) in [6, 6.07) is 7.64. The van der Waals surface area contributed by atoms with Crippen molar-refractivity contribution in [3.63, 3.8) is 0 Å². The van der Waals surface area contributed by atoms with Gasteiger partial charge in [0, 0.05) is 13.1 Å². The highest BCUT2D eigenvalue weighted by molar-refractivity contribution is 5.88. The molecule has 8 heteroatoms. The summed E-state index contributed by atoms with van der Waals surface area (Å²) in [6.45, 7) is 1.08. The second-order valence-corrected chi connectivity index (χ2v) is 6.06. The van der Waals surface area contributed by atoms with Crippen molar-refractivity contribution >= 4 is 11.9 Å². The van der Waals surface area contributed by atoms with E-state index < -0.39 is 36.1 Å². The predicted molar refractivity (Wildman–Crippen MR) is 80.1 cm³/mol. The molecule has 0 saturated carbocycles. The molecule has 0 aliphatic carbocycles. The largest absolute Gasteiger partial charge is 0.480 e. The van der Waals surface area contributed by atoms with Crippen molar-refractivity contribution in [2.75, 3.05) is 13.1 Å². The summed E-state index contributed by atoms with van der Waals surface area (Å²) in [5.74, 6) is -2.65. The second kappa shape index (κ2) is 6.80. The molecular formula is C16H19F3N2O3. The Morgan fingerprint density at radius 1 is 1.33 bits per heavy atom. The monoisotopic (exact) mass is 344 g/mol. The summed E-state index contributed by atoms with van der Waals surface area (Å²) >= 11 is 0. The third-order valence-corrected chi connectivity index (χ3v) is 4.29. The Balaban J connectivity index is 2.15. The summed E-state index contributed by atoms with van der Waals surface area (Å²) < 4.78 is 40.8. The smallest absolute Gasteiger partial charge is 0.404 e. The Hall–Kier alpha value is -2.09. The molecule has 132 valence electrons. The lowest BCUT2D eigenvalue weighted by Gasteiger charge is -2.31. The number of amides is 1. The van der Waals surface area contributed by atoms with Crippen LogP contribution in [0.2, 0.25) is 0 Å². The van der Waals surface area contributed by atoms with Gasteiger partial charge in [0.05, 0.1) is 0 Å². The van der Waals surface area contributed by atoms with Gasteiger partial charge >= 0.3 is 12.1 Å². The fraction of sp³-hybridized carbons (Fsp3) is 0.500. The van der Waals surface area contributed by atoms with Gasteiger partial charge in [0.25, 0.3) is 0 Å². The average Bonchev–Trinajstić information content (AvgIpc) is 2.93. The minimum absolute atomic E-state index is 0.114. The Bertz CT molecular complexity index is 606. The molecule has 0 aromatic heterocycles. The van der Waals surface area contributed by atoms with Gasteiger partial charge in [-0.15, -0.1) is 0 Å². The number of nitrogens with one attached hydrogen (secondary N) is 1. The molecule has 2 atom stereocenters. The molecule has 1 aliphatic heterocycles. The van der Waals surface area contributed by atoms with E-state index in [-0.39, 0.29) is 13.0 Å². The van der Waals surface area contributed by atoms with Crippen LogP contribution in [0.1, 0.15) is 18.9 Å². The minimum Gasteiger partial charge on any atom is -0.480 e. The summed E-state index contributed by atoms with van der Waals surface area (Å²) in [6.07, 6.45) is -5.14. The Morgan fingerprint density at radius 3 is 2.50 bits per heavy atom. The third kappa shape index (κ3) is 3.69. The molecule has 24 heavy (non-hydrogen) atoms. The zero-order valence-electron chi connectivity index (χ0n) is 13.1. The van der Waals surface area contributed by atoms with Crippen molar-refractivity contribution in [1.82, 2.24) is 10.2 Å². The normalized spacial score (nSPS) is 23.0. The fourth-order valence-electron chi connectivity index (χ4n) is 2.81. The van der Waals surface area contributed by atoms with Crippen molar-refractivity contribution in [3.05, 3.63) is 35.9 Å². The van der Waals surface area contributed by atoms with Crippen LogP contribution in [-0.2, 0) is 16.1 Å². The van der Waals surface area contributed by atoms with Crippen molar-refractivity contribution in [2.45, 2.75) is 32.1 Å². The van der Waals surface area contributed by atoms with Gasteiger partial charge in [0.2, 0.25) is 5.91 Å². The summed E-state index contributed by atoms with van der Waals surface area (Å²) in [5, 5.41) is 10.8. The predicted octanol–water partition coefficient (Wildman–Crippen LogP) is 2.03. The lowest BCUT2D eigenvalue weighted by Crippen LogP contribution is -2.55. The van der Waals surface area contributed by atoms with E-state index in [2.05, 4.69) is 0 Å². The molecule has 0 spiro atoms. The van der Waals surface area contributed by atoms with E-state index in [0.29, 0.717) is 6.54 Å². The second-order valence-electron chi connectivity index (χ2n) is 6.06. The Kier molecular flexibility index (Phi) is 5.17. The molecule has 0 bridgehead atoms. The number of hydrogen-bond acceptors (Lipinski definition) is 3. The maximum Gasteiger partial charge on any atom is 0.404 e. The maximum absolute atomic E-state index is 13.6. The number of nitrogens with zero attached hydrogens (tertiary/aromatic N) is 1. The highest BCUT2D eigenvalue weighted by atomic mass is 19.4. The number of likely N-dealkylation sites (tertiary alicyclic amines) is 1. The molecule has 2 rings (SSSR count).